The summed E-state index contributed by atoms with van der Waals surface area (Å²) in [5.74, 6) is 0.816. The molecule has 2 aromatic rings. The second-order valence-corrected chi connectivity index (χ2v) is 8.26. The highest BCUT2D eigenvalue weighted by atomic mass is 16.5. The van der Waals surface area contributed by atoms with Crippen LogP contribution in [0.1, 0.15) is 30.5 Å². The third-order valence-electron chi connectivity index (χ3n) is 5.71. The number of para-hydroxylation sites is 1. The minimum atomic E-state index is -0.141. The van der Waals surface area contributed by atoms with Gasteiger partial charge < -0.3 is 14.8 Å². The zero-order valence-corrected chi connectivity index (χ0v) is 17.3. The Labute approximate surface area is 173 Å². The van der Waals surface area contributed by atoms with E-state index in [1.54, 1.807) is 0 Å². The molecular formula is C24H30N2O3. The molecule has 0 spiro atoms. The van der Waals surface area contributed by atoms with Crippen LogP contribution < -0.4 is 10.1 Å². The van der Waals surface area contributed by atoms with Crippen LogP contribution in [0, 0.1) is 5.92 Å². The summed E-state index contributed by atoms with van der Waals surface area (Å²) < 4.78 is 11.6. The number of carbonyl (C=O) groups excluding carboxylic acids is 1. The van der Waals surface area contributed by atoms with E-state index >= 15 is 0 Å². The molecule has 29 heavy (non-hydrogen) atoms. The fourth-order valence-electron chi connectivity index (χ4n) is 4.36. The van der Waals surface area contributed by atoms with Crippen LogP contribution in [-0.4, -0.2) is 42.7 Å². The smallest absolute Gasteiger partial charge is 0.227 e. The molecule has 5 heteroatoms. The molecule has 2 aromatic carbocycles. The average Bonchev–Trinajstić information content (AvgIpc) is 2.72. The summed E-state index contributed by atoms with van der Waals surface area (Å²) in [6, 6.07) is 16.3. The van der Waals surface area contributed by atoms with Crippen molar-refractivity contribution in [2.75, 3.05) is 19.7 Å². The van der Waals surface area contributed by atoms with Gasteiger partial charge >= 0.3 is 0 Å². The summed E-state index contributed by atoms with van der Waals surface area (Å²) in [4.78, 5) is 15.2. The molecule has 1 N–H and O–H groups in total. The van der Waals surface area contributed by atoms with Gasteiger partial charge in [0.25, 0.3) is 0 Å². The lowest BCUT2D eigenvalue weighted by Crippen LogP contribution is -2.45. The fourth-order valence-corrected chi connectivity index (χ4v) is 4.36. The fraction of sp³-hybridized carbons (Fsp3) is 0.458. The molecular weight excluding hydrogens is 364 g/mol. The number of nitrogens with zero attached hydrogens (tertiary/aromatic N) is 1. The number of amides is 1. The Bertz CT molecular complexity index is 844. The molecule has 0 saturated carbocycles. The second kappa shape index (κ2) is 8.97. The van der Waals surface area contributed by atoms with Crippen LogP contribution in [0.5, 0.6) is 5.75 Å². The highest BCUT2D eigenvalue weighted by molar-refractivity contribution is 5.79. The number of morpholine rings is 1. The van der Waals surface area contributed by atoms with E-state index < -0.39 is 0 Å². The van der Waals surface area contributed by atoms with Crippen molar-refractivity contribution in [3.05, 3.63) is 65.2 Å². The Morgan fingerprint density at radius 1 is 1.03 bits per heavy atom. The summed E-state index contributed by atoms with van der Waals surface area (Å²) in [6.45, 7) is 7.98. The van der Waals surface area contributed by atoms with E-state index in [2.05, 4.69) is 42.3 Å². The van der Waals surface area contributed by atoms with Crippen molar-refractivity contribution in [1.82, 2.24) is 10.2 Å². The Morgan fingerprint density at radius 3 is 2.52 bits per heavy atom. The summed E-state index contributed by atoms with van der Waals surface area (Å²) in [5.41, 5.74) is 3.54. The van der Waals surface area contributed by atoms with Crippen molar-refractivity contribution < 1.29 is 14.3 Å². The number of hydrogen-bond acceptors (Lipinski definition) is 4. The maximum Gasteiger partial charge on any atom is 0.227 e. The molecule has 2 aliphatic heterocycles. The Hall–Kier alpha value is -2.37. The van der Waals surface area contributed by atoms with Gasteiger partial charge in [-0.2, -0.15) is 0 Å². The van der Waals surface area contributed by atoms with Crippen molar-refractivity contribution in [3.8, 4) is 5.75 Å². The van der Waals surface area contributed by atoms with Crippen molar-refractivity contribution in [2.45, 2.75) is 45.6 Å². The first kappa shape index (κ1) is 19.9. The summed E-state index contributed by atoms with van der Waals surface area (Å²) >= 11 is 0. The quantitative estimate of drug-likeness (QED) is 0.846. The van der Waals surface area contributed by atoms with E-state index in [-0.39, 0.29) is 24.0 Å². The van der Waals surface area contributed by atoms with Gasteiger partial charge in [0, 0.05) is 26.2 Å². The van der Waals surface area contributed by atoms with E-state index in [0.717, 1.165) is 37.4 Å². The number of fused-ring (bicyclic) bond motifs is 1. The van der Waals surface area contributed by atoms with Crippen molar-refractivity contribution in [1.29, 1.82) is 0 Å². The lowest BCUT2D eigenvalue weighted by molar-refractivity contribution is -0.126. The van der Waals surface area contributed by atoms with Gasteiger partial charge in [-0.05, 0) is 43.0 Å². The molecule has 1 amide bonds. The monoisotopic (exact) mass is 394 g/mol. The van der Waals surface area contributed by atoms with Gasteiger partial charge in [0.05, 0.1) is 18.1 Å². The lowest BCUT2D eigenvalue weighted by Gasteiger charge is -2.35. The predicted octanol–water partition coefficient (Wildman–Crippen LogP) is 3.16. The SMILES string of the molecule is C[C@@H]1CN(Cc2ccccc2CNC(=O)[C@H]2COc3ccccc3C2)C[C@H](C)O1. The first-order valence-electron chi connectivity index (χ1n) is 10.5. The molecule has 1 fully saturated rings. The summed E-state index contributed by atoms with van der Waals surface area (Å²) in [6.07, 6.45) is 1.23. The zero-order valence-electron chi connectivity index (χ0n) is 17.3. The van der Waals surface area contributed by atoms with E-state index in [1.807, 2.05) is 30.3 Å². The minimum Gasteiger partial charge on any atom is -0.492 e. The van der Waals surface area contributed by atoms with E-state index in [4.69, 9.17) is 9.47 Å². The molecule has 0 aromatic heterocycles. The van der Waals surface area contributed by atoms with Crippen molar-refractivity contribution in [3.63, 3.8) is 0 Å². The highest BCUT2D eigenvalue weighted by Crippen LogP contribution is 2.27. The highest BCUT2D eigenvalue weighted by Gasteiger charge is 2.26. The first-order valence-corrected chi connectivity index (χ1v) is 10.5. The van der Waals surface area contributed by atoms with Crippen LogP contribution >= 0.6 is 0 Å². The maximum absolute atomic E-state index is 12.8. The molecule has 5 nitrogen and oxygen atoms in total. The molecule has 2 heterocycles. The molecule has 0 aliphatic carbocycles. The van der Waals surface area contributed by atoms with Crippen molar-refractivity contribution >= 4 is 5.91 Å². The number of nitrogens with one attached hydrogen (secondary N) is 1. The predicted molar refractivity (Wildman–Crippen MR) is 113 cm³/mol. The molecule has 1 saturated heterocycles. The third-order valence-corrected chi connectivity index (χ3v) is 5.71. The van der Waals surface area contributed by atoms with Gasteiger partial charge in [-0.25, -0.2) is 0 Å². The Balaban J connectivity index is 1.36. The average molecular weight is 395 g/mol. The van der Waals surface area contributed by atoms with Crippen molar-refractivity contribution in [2.24, 2.45) is 5.92 Å². The largest absolute Gasteiger partial charge is 0.492 e. The van der Waals surface area contributed by atoms with Gasteiger partial charge in [-0.1, -0.05) is 42.5 Å². The zero-order chi connectivity index (χ0) is 20.2. The first-order chi connectivity index (χ1) is 14.1. The Kier molecular flexibility index (Phi) is 6.16. The van der Waals surface area contributed by atoms with Crippen LogP contribution in [0.2, 0.25) is 0 Å². The molecule has 0 bridgehead atoms. The topological polar surface area (TPSA) is 50.8 Å². The Morgan fingerprint density at radius 2 is 1.72 bits per heavy atom. The maximum atomic E-state index is 12.8. The van der Waals surface area contributed by atoms with Gasteiger partial charge in [0.15, 0.2) is 0 Å². The number of ether oxygens (including phenoxy) is 2. The van der Waals surface area contributed by atoms with Gasteiger partial charge in [0.1, 0.15) is 12.4 Å². The van der Waals surface area contributed by atoms with Crippen LogP contribution in [-0.2, 0) is 29.0 Å². The standard InChI is InChI=1S/C24H30N2O3/c1-17-13-26(14-18(2)29-17)15-21-9-4-3-8-20(21)12-25-24(27)22-11-19-7-5-6-10-23(19)28-16-22/h3-10,17-18,22H,11-16H2,1-2H3,(H,25,27)/t17-,18+,22-/m1/s1. The third kappa shape index (κ3) is 4.98. The number of rotatable bonds is 5. The molecule has 154 valence electrons. The van der Waals surface area contributed by atoms with Crippen LogP contribution in [0.15, 0.2) is 48.5 Å². The molecule has 0 unspecified atom stereocenters. The number of carbonyl (C=O) groups is 1. The summed E-state index contributed by atoms with van der Waals surface area (Å²) in [7, 11) is 0. The van der Waals surface area contributed by atoms with Gasteiger partial charge in [-0.15, -0.1) is 0 Å². The van der Waals surface area contributed by atoms with E-state index in [1.165, 1.54) is 11.1 Å². The van der Waals surface area contributed by atoms with Crippen LogP contribution in [0.3, 0.4) is 0 Å². The van der Waals surface area contributed by atoms with Crippen LogP contribution in [0.25, 0.3) is 0 Å². The minimum absolute atomic E-state index is 0.0583. The van der Waals surface area contributed by atoms with Gasteiger partial charge in [-0.3, -0.25) is 9.69 Å². The molecule has 4 rings (SSSR count). The van der Waals surface area contributed by atoms with E-state index in [0.29, 0.717) is 13.2 Å². The molecule has 2 aliphatic rings. The van der Waals surface area contributed by atoms with Crippen LogP contribution in [0.4, 0.5) is 0 Å². The molecule has 3 atom stereocenters. The van der Waals surface area contributed by atoms with E-state index in [9.17, 15) is 4.79 Å². The summed E-state index contributed by atoms with van der Waals surface area (Å²) in [5, 5.41) is 3.13. The van der Waals surface area contributed by atoms with Gasteiger partial charge in [0.2, 0.25) is 5.91 Å². The normalized spacial score (nSPS) is 24.4. The lowest BCUT2D eigenvalue weighted by atomic mass is 9.96. The molecule has 0 radical (unpaired) electrons. The number of hydrogen-bond donors (Lipinski definition) is 1. The number of benzene rings is 2. The second-order valence-electron chi connectivity index (χ2n) is 8.26.